The van der Waals surface area contributed by atoms with Crippen LogP contribution in [0.1, 0.15) is 25.7 Å². The molecule has 0 saturated carbocycles. The minimum atomic E-state index is -2.05. The fraction of sp³-hybridized carbons (Fsp3) is 1.00. The zero-order chi connectivity index (χ0) is 17.1. The number of hydrogen-bond donors (Lipinski definition) is 0. The molecule has 5 nitrogen and oxygen atoms in total. The smallest absolute Gasteiger partial charge is 0.335 e. The van der Waals surface area contributed by atoms with Crippen LogP contribution in [0.4, 0.5) is 0 Å². The maximum atomic E-state index is 6.25. The fourth-order valence-corrected chi connectivity index (χ4v) is 5.10. The average molecular weight is 346 g/mol. The second-order valence-corrected chi connectivity index (χ2v) is 10.8. The zero-order valence-corrected chi connectivity index (χ0v) is 17.1. The van der Waals surface area contributed by atoms with Crippen LogP contribution in [-0.4, -0.2) is 97.4 Å². The first-order chi connectivity index (χ1) is 10.9. The van der Waals surface area contributed by atoms with Gasteiger partial charge in [-0.25, -0.2) is 0 Å². The molecule has 1 saturated heterocycles. The van der Waals surface area contributed by atoms with Gasteiger partial charge in [-0.3, -0.25) is 0 Å². The van der Waals surface area contributed by atoms with Gasteiger partial charge in [0.1, 0.15) is 0 Å². The predicted octanol–water partition coefficient (Wildman–Crippen LogP) is 2.09. The van der Waals surface area contributed by atoms with Crippen molar-refractivity contribution in [2.24, 2.45) is 0 Å². The van der Waals surface area contributed by atoms with Gasteiger partial charge in [-0.1, -0.05) is 6.42 Å². The van der Waals surface area contributed by atoms with Gasteiger partial charge in [-0.2, -0.15) is 0 Å². The van der Waals surface area contributed by atoms with E-state index in [1.807, 2.05) is 0 Å². The van der Waals surface area contributed by atoms with Crippen molar-refractivity contribution >= 4 is 8.56 Å². The molecular formula is C17H39N3O2Si. The van der Waals surface area contributed by atoms with Crippen LogP contribution in [0, 0.1) is 0 Å². The molecule has 1 aliphatic heterocycles. The zero-order valence-electron chi connectivity index (χ0n) is 16.1. The normalized spacial score (nSPS) is 17.3. The molecule has 1 aliphatic rings. The SMILES string of the molecule is CN(C)CCO[Si](C)(CCCN1CCCCC1)OCCN(C)C. The third kappa shape index (κ3) is 10.5. The van der Waals surface area contributed by atoms with E-state index in [1.165, 1.54) is 45.3 Å². The van der Waals surface area contributed by atoms with Crippen molar-refractivity contribution in [3.05, 3.63) is 0 Å². The number of nitrogens with zero attached hydrogens (tertiary/aromatic N) is 3. The molecule has 0 spiro atoms. The summed E-state index contributed by atoms with van der Waals surface area (Å²) in [6.07, 6.45) is 5.34. The highest BCUT2D eigenvalue weighted by molar-refractivity contribution is 6.66. The van der Waals surface area contributed by atoms with Crippen LogP contribution in [0.3, 0.4) is 0 Å². The van der Waals surface area contributed by atoms with Crippen molar-refractivity contribution in [2.75, 3.05) is 74.1 Å². The summed E-state index contributed by atoms with van der Waals surface area (Å²) in [5, 5.41) is 0. The maximum Gasteiger partial charge on any atom is 0.335 e. The molecule has 23 heavy (non-hydrogen) atoms. The Kier molecular flexibility index (Phi) is 10.6. The highest BCUT2D eigenvalue weighted by atomic mass is 28.4. The first-order valence-corrected chi connectivity index (χ1v) is 11.7. The molecule has 1 rings (SSSR count). The van der Waals surface area contributed by atoms with E-state index in [4.69, 9.17) is 8.85 Å². The van der Waals surface area contributed by atoms with Crippen molar-refractivity contribution in [2.45, 2.75) is 38.3 Å². The van der Waals surface area contributed by atoms with Gasteiger partial charge in [0, 0.05) is 26.3 Å². The van der Waals surface area contributed by atoms with Gasteiger partial charge < -0.3 is 23.6 Å². The van der Waals surface area contributed by atoms with E-state index in [2.05, 4.69) is 49.4 Å². The van der Waals surface area contributed by atoms with Crippen molar-refractivity contribution in [3.8, 4) is 0 Å². The summed E-state index contributed by atoms with van der Waals surface area (Å²) < 4.78 is 12.5. The average Bonchev–Trinajstić information content (AvgIpc) is 2.47. The van der Waals surface area contributed by atoms with Crippen molar-refractivity contribution in [1.29, 1.82) is 0 Å². The minimum Gasteiger partial charge on any atom is -0.393 e. The van der Waals surface area contributed by atoms with E-state index < -0.39 is 8.56 Å². The molecular weight excluding hydrogens is 306 g/mol. The fourth-order valence-electron chi connectivity index (χ4n) is 2.88. The second-order valence-electron chi connectivity index (χ2n) is 7.44. The molecule has 0 atom stereocenters. The summed E-state index contributed by atoms with van der Waals surface area (Å²) in [6.45, 7) is 9.49. The van der Waals surface area contributed by atoms with Crippen LogP contribution in [0.5, 0.6) is 0 Å². The quantitative estimate of drug-likeness (QED) is 0.505. The Balaban J connectivity index is 2.34. The summed E-state index contributed by atoms with van der Waals surface area (Å²) in [4.78, 5) is 6.95. The Hall–Kier alpha value is 0.0169. The van der Waals surface area contributed by atoms with Crippen LogP contribution in [0.15, 0.2) is 0 Å². The van der Waals surface area contributed by atoms with Gasteiger partial charge >= 0.3 is 8.56 Å². The lowest BCUT2D eigenvalue weighted by molar-refractivity contribution is 0.147. The highest BCUT2D eigenvalue weighted by Gasteiger charge is 2.31. The third-order valence-corrected chi connectivity index (χ3v) is 7.34. The van der Waals surface area contributed by atoms with Gasteiger partial charge in [0.2, 0.25) is 0 Å². The summed E-state index contributed by atoms with van der Waals surface area (Å²) in [5.74, 6) is 0. The molecule has 1 heterocycles. The molecule has 0 N–H and O–H groups in total. The lowest BCUT2D eigenvalue weighted by Gasteiger charge is -2.31. The maximum absolute atomic E-state index is 6.25. The molecule has 0 bridgehead atoms. The molecule has 0 radical (unpaired) electrons. The first-order valence-electron chi connectivity index (χ1n) is 9.21. The molecule has 6 heteroatoms. The summed E-state index contributed by atoms with van der Waals surface area (Å²) >= 11 is 0. The van der Waals surface area contributed by atoms with E-state index in [1.54, 1.807) is 0 Å². The highest BCUT2D eigenvalue weighted by Crippen LogP contribution is 2.18. The van der Waals surface area contributed by atoms with Crippen LogP contribution in [0.25, 0.3) is 0 Å². The Bertz CT molecular complexity index is 284. The standard InChI is InChI=1S/C17H39N3O2Si/c1-18(2)13-15-21-23(5,22-16-14-19(3)4)17-9-12-20-10-7-6-8-11-20/h6-17H2,1-5H3. The topological polar surface area (TPSA) is 28.2 Å². The first kappa shape index (κ1) is 21.1. The molecule has 0 aromatic rings. The van der Waals surface area contributed by atoms with Gasteiger partial charge in [0.05, 0.1) is 0 Å². The van der Waals surface area contributed by atoms with E-state index in [9.17, 15) is 0 Å². The monoisotopic (exact) mass is 345 g/mol. The molecule has 0 aliphatic carbocycles. The number of likely N-dealkylation sites (tertiary alicyclic amines) is 1. The van der Waals surface area contributed by atoms with E-state index in [-0.39, 0.29) is 0 Å². The third-order valence-electron chi connectivity index (χ3n) is 4.45. The van der Waals surface area contributed by atoms with Crippen molar-refractivity contribution < 1.29 is 8.85 Å². The summed E-state index contributed by atoms with van der Waals surface area (Å²) in [7, 11) is 6.31. The second kappa shape index (κ2) is 11.6. The molecule has 1 fully saturated rings. The number of hydrogen-bond acceptors (Lipinski definition) is 5. The number of likely N-dealkylation sites (N-methyl/N-ethyl adjacent to an activating group) is 2. The Morgan fingerprint density at radius 3 is 1.87 bits per heavy atom. The lowest BCUT2D eigenvalue weighted by atomic mass is 10.1. The van der Waals surface area contributed by atoms with Crippen LogP contribution < -0.4 is 0 Å². The molecule has 0 aromatic heterocycles. The summed E-state index contributed by atoms with van der Waals surface area (Å²) in [5.41, 5.74) is 0. The van der Waals surface area contributed by atoms with Gasteiger partial charge in [-0.15, -0.1) is 0 Å². The molecule has 138 valence electrons. The molecule has 0 unspecified atom stereocenters. The Morgan fingerprint density at radius 1 is 0.870 bits per heavy atom. The Labute approximate surface area is 145 Å². The van der Waals surface area contributed by atoms with Crippen molar-refractivity contribution in [1.82, 2.24) is 14.7 Å². The largest absolute Gasteiger partial charge is 0.393 e. The van der Waals surface area contributed by atoms with Crippen LogP contribution >= 0.6 is 0 Å². The molecule has 0 amide bonds. The van der Waals surface area contributed by atoms with Crippen LogP contribution in [-0.2, 0) is 8.85 Å². The Morgan fingerprint density at radius 2 is 1.39 bits per heavy atom. The summed E-state index contributed by atoms with van der Waals surface area (Å²) in [6, 6.07) is 1.10. The van der Waals surface area contributed by atoms with Crippen molar-refractivity contribution in [3.63, 3.8) is 0 Å². The minimum absolute atomic E-state index is 0.779. The molecule has 0 aromatic carbocycles. The van der Waals surface area contributed by atoms with Crippen LogP contribution in [0.2, 0.25) is 12.6 Å². The lowest BCUT2D eigenvalue weighted by Crippen LogP contribution is -2.43. The van der Waals surface area contributed by atoms with Gasteiger partial charge in [0.25, 0.3) is 0 Å². The van der Waals surface area contributed by atoms with Gasteiger partial charge in [-0.05, 0) is 79.7 Å². The number of rotatable bonds is 12. The van der Waals surface area contributed by atoms with E-state index >= 15 is 0 Å². The van der Waals surface area contributed by atoms with E-state index in [0.717, 1.165) is 32.3 Å². The van der Waals surface area contributed by atoms with E-state index in [0.29, 0.717) is 0 Å². The number of piperidine rings is 1. The van der Waals surface area contributed by atoms with Gasteiger partial charge in [0.15, 0.2) is 0 Å². The predicted molar refractivity (Wildman–Crippen MR) is 100 cm³/mol.